The van der Waals surface area contributed by atoms with Gasteiger partial charge in [-0.15, -0.1) is 11.8 Å². The standard InChI is InChI=1S/C27H26N4O4S2/c1-6-35-25(33)22-15(2)28-26-31(23(22)17-8-10-18(36-5)11-9-17)24(32)21(37-26)14-16-7-12-19-20(13-16)30(4)27(34)29(19)3/h7-14,23H,6H2,1-5H3/b21-14+/t23-/m1/s1. The first kappa shape index (κ1) is 25.0. The van der Waals surface area contributed by atoms with E-state index in [2.05, 4.69) is 4.99 Å². The minimum absolute atomic E-state index is 0.110. The highest BCUT2D eigenvalue weighted by Gasteiger charge is 2.33. The van der Waals surface area contributed by atoms with Crippen molar-refractivity contribution < 1.29 is 9.53 Å². The third-order valence-electron chi connectivity index (χ3n) is 6.54. The molecule has 0 amide bonds. The molecule has 1 aliphatic rings. The number of hydrogen-bond donors (Lipinski definition) is 0. The first-order chi connectivity index (χ1) is 17.7. The molecule has 37 heavy (non-hydrogen) atoms. The van der Waals surface area contributed by atoms with Gasteiger partial charge < -0.3 is 4.74 Å². The predicted octanol–water partition coefficient (Wildman–Crippen LogP) is 2.71. The third kappa shape index (κ3) is 4.19. The molecule has 0 unspecified atom stereocenters. The van der Waals surface area contributed by atoms with E-state index < -0.39 is 12.0 Å². The molecule has 1 aliphatic heterocycles. The van der Waals surface area contributed by atoms with Crippen molar-refractivity contribution in [2.45, 2.75) is 24.8 Å². The Kier molecular flexibility index (Phi) is 6.55. The lowest BCUT2D eigenvalue weighted by Crippen LogP contribution is -2.39. The second kappa shape index (κ2) is 9.68. The maximum atomic E-state index is 13.8. The van der Waals surface area contributed by atoms with Crippen LogP contribution in [0.25, 0.3) is 17.1 Å². The van der Waals surface area contributed by atoms with Crippen molar-refractivity contribution in [2.24, 2.45) is 19.1 Å². The molecule has 4 aromatic rings. The summed E-state index contributed by atoms with van der Waals surface area (Å²) in [6.45, 7) is 3.75. The van der Waals surface area contributed by atoms with E-state index in [1.165, 1.54) is 11.3 Å². The van der Waals surface area contributed by atoms with Gasteiger partial charge in [0, 0.05) is 19.0 Å². The van der Waals surface area contributed by atoms with E-state index >= 15 is 0 Å². The molecule has 0 radical (unpaired) electrons. The average Bonchev–Trinajstić information content (AvgIpc) is 3.31. The maximum absolute atomic E-state index is 13.8. The normalized spacial score (nSPS) is 15.7. The summed E-state index contributed by atoms with van der Waals surface area (Å²) in [5, 5.41) is 0. The molecule has 2 aromatic carbocycles. The van der Waals surface area contributed by atoms with Gasteiger partial charge in [-0.2, -0.15) is 0 Å². The summed E-state index contributed by atoms with van der Waals surface area (Å²) < 4.78 is 10.6. The molecule has 190 valence electrons. The fraction of sp³-hybridized carbons (Fsp3) is 0.259. The third-order valence-corrected chi connectivity index (χ3v) is 8.27. The quantitative estimate of drug-likeness (QED) is 0.290. The van der Waals surface area contributed by atoms with E-state index in [0.717, 1.165) is 27.1 Å². The molecule has 0 N–H and O–H groups in total. The average molecular weight is 535 g/mol. The molecule has 3 heterocycles. The van der Waals surface area contributed by atoms with Crippen LogP contribution >= 0.6 is 23.1 Å². The number of ether oxygens (including phenoxy) is 1. The highest BCUT2D eigenvalue weighted by Crippen LogP contribution is 2.31. The van der Waals surface area contributed by atoms with Crippen molar-refractivity contribution in [3.63, 3.8) is 0 Å². The topological polar surface area (TPSA) is 87.6 Å². The molecule has 0 bridgehead atoms. The maximum Gasteiger partial charge on any atom is 0.338 e. The fourth-order valence-corrected chi connectivity index (χ4v) is 6.11. The van der Waals surface area contributed by atoms with Crippen LogP contribution in [0.5, 0.6) is 0 Å². The van der Waals surface area contributed by atoms with Crippen molar-refractivity contribution in [1.82, 2.24) is 13.7 Å². The number of nitrogens with zero attached hydrogens (tertiary/aromatic N) is 4. The Hall–Kier alpha value is -3.63. The van der Waals surface area contributed by atoms with Gasteiger partial charge in [-0.25, -0.2) is 14.6 Å². The number of carbonyl (C=O) groups excluding carboxylic acids is 1. The summed E-state index contributed by atoms with van der Waals surface area (Å²) in [6, 6.07) is 12.8. The number of esters is 1. The zero-order valence-corrected chi connectivity index (χ0v) is 22.8. The number of allylic oxidation sites excluding steroid dienone is 1. The lowest BCUT2D eigenvalue weighted by molar-refractivity contribution is -0.139. The van der Waals surface area contributed by atoms with Crippen molar-refractivity contribution >= 4 is 46.2 Å². The van der Waals surface area contributed by atoms with Crippen molar-refractivity contribution in [3.05, 3.63) is 95.0 Å². The number of aryl methyl sites for hydroxylation is 2. The van der Waals surface area contributed by atoms with Gasteiger partial charge in [0.2, 0.25) is 0 Å². The molecular weight excluding hydrogens is 508 g/mol. The number of hydrogen-bond acceptors (Lipinski definition) is 7. The number of fused-ring (bicyclic) bond motifs is 2. The molecule has 0 spiro atoms. The monoisotopic (exact) mass is 534 g/mol. The van der Waals surface area contributed by atoms with Crippen LogP contribution in [0.4, 0.5) is 0 Å². The van der Waals surface area contributed by atoms with Crippen molar-refractivity contribution in [1.29, 1.82) is 0 Å². The first-order valence-electron chi connectivity index (χ1n) is 11.7. The Morgan fingerprint density at radius 2 is 1.81 bits per heavy atom. The van der Waals surface area contributed by atoms with Gasteiger partial charge in [0.05, 0.1) is 39.5 Å². The molecule has 0 fully saturated rings. The smallest absolute Gasteiger partial charge is 0.338 e. The van der Waals surface area contributed by atoms with Gasteiger partial charge in [0.25, 0.3) is 5.56 Å². The van der Waals surface area contributed by atoms with E-state index in [4.69, 9.17) is 4.74 Å². The Morgan fingerprint density at radius 3 is 2.49 bits per heavy atom. The van der Waals surface area contributed by atoms with E-state index in [1.54, 1.807) is 59.5 Å². The van der Waals surface area contributed by atoms with Crippen LogP contribution in [0.3, 0.4) is 0 Å². The van der Waals surface area contributed by atoms with Crippen LogP contribution in [-0.4, -0.2) is 32.5 Å². The lowest BCUT2D eigenvalue weighted by atomic mass is 9.96. The molecule has 0 saturated heterocycles. The molecular formula is C27H26N4O4S2. The van der Waals surface area contributed by atoms with Crippen LogP contribution in [0, 0.1) is 0 Å². The number of aromatic nitrogens is 3. The van der Waals surface area contributed by atoms with Crippen LogP contribution in [0.2, 0.25) is 0 Å². The van der Waals surface area contributed by atoms with Gasteiger partial charge in [0.15, 0.2) is 4.80 Å². The summed E-state index contributed by atoms with van der Waals surface area (Å²) in [6.07, 6.45) is 3.80. The number of rotatable bonds is 5. The number of carbonyl (C=O) groups is 1. The molecule has 0 aliphatic carbocycles. The number of thioether (sulfide) groups is 1. The summed E-state index contributed by atoms with van der Waals surface area (Å²) in [5.74, 6) is -0.479. The van der Waals surface area contributed by atoms with Crippen LogP contribution < -0.4 is 20.6 Å². The highest BCUT2D eigenvalue weighted by atomic mass is 32.2. The summed E-state index contributed by atoms with van der Waals surface area (Å²) in [5.41, 5.74) is 3.74. The van der Waals surface area contributed by atoms with E-state index in [1.807, 2.05) is 48.7 Å². The second-order valence-electron chi connectivity index (χ2n) is 8.72. The van der Waals surface area contributed by atoms with Crippen LogP contribution in [0.15, 0.2) is 73.2 Å². The van der Waals surface area contributed by atoms with Gasteiger partial charge in [-0.1, -0.05) is 29.5 Å². The minimum Gasteiger partial charge on any atom is -0.463 e. The highest BCUT2D eigenvalue weighted by molar-refractivity contribution is 7.98. The Bertz CT molecular complexity index is 1820. The van der Waals surface area contributed by atoms with Gasteiger partial charge in [0.1, 0.15) is 0 Å². The summed E-state index contributed by atoms with van der Waals surface area (Å²) >= 11 is 2.90. The number of thiazole rings is 1. The van der Waals surface area contributed by atoms with Gasteiger partial charge in [-0.05, 0) is 61.6 Å². The molecule has 10 heteroatoms. The molecule has 8 nitrogen and oxygen atoms in total. The summed E-state index contributed by atoms with van der Waals surface area (Å²) in [4.78, 5) is 45.4. The minimum atomic E-state index is -0.647. The zero-order valence-electron chi connectivity index (χ0n) is 21.1. The molecule has 2 aromatic heterocycles. The van der Waals surface area contributed by atoms with Crippen LogP contribution in [-0.2, 0) is 23.6 Å². The fourth-order valence-electron chi connectivity index (χ4n) is 4.66. The Morgan fingerprint density at radius 1 is 1.11 bits per heavy atom. The Labute approximate surface area is 220 Å². The lowest BCUT2D eigenvalue weighted by Gasteiger charge is -2.24. The first-order valence-corrected chi connectivity index (χ1v) is 13.8. The summed E-state index contributed by atoms with van der Waals surface area (Å²) in [7, 11) is 3.46. The van der Waals surface area contributed by atoms with Crippen molar-refractivity contribution in [2.75, 3.05) is 12.9 Å². The Balaban J connectivity index is 1.71. The number of benzene rings is 2. The van der Waals surface area contributed by atoms with E-state index in [0.29, 0.717) is 20.6 Å². The molecule has 0 saturated carbocycles. The van der Waals surface area contributed by atoms with E-state index in [-0.39, 0.29) is 17.9 Å². The van der Waals surface area contributed by atoms with Gasteiger partial charge >= 0.3 is 11.7 Å². The second-order valence-corrected chi connectivity index (χ2v) is 10.6. The van der Waals surface area contributed by atoms with Gasteiger partial charge in [-0.3, -0.25) is 18.5 Å². The molecule has 1 atom stereocenters. The largest absolute Gasteiger partial charge is 0.463 e. The molecule has 5 rings (SSSR count). The van der Waals surface area contributed by atoms with E-state index in [9.17, 15) is 14.4 Å². The zero-order chi connectivity index (χ0) is 26.4. The SMILES string of the molecule is CCOC(=O)C1=C(C)N=c2s/c(=C/c3ccc4c(c3)n(C)c(=O)n4C)c(=O)n2[C@@H]1c1ccc(SC)cc1. The van der Waals surface area contributed by atoms with Crippen LogP contribution in [0.1, 0.15) is 31.0 Å². The number of imidazole rings is 1. The predicted molar refractivity (Wildman–Crippen MR) is 147 cm³/mol. The van der Waals surface area contributed by atoms with Crippen molar-refractivity contribution in [3.8, 4) is 0 Å².